The average Bonchev–Trinajstić information content (AvgIpc) is 2.72. The zero-order chi connectivity index (χ0) is 10.9. The first-order valence-electron chi connectivity index (χ1n) is 6.38. The zero-order valence-electron chi connectivity index (χ0n) is 9.96. The van der Waals surface area contributed by atoms with Crippen LogP contribution < -0.4 is 0 Å². The van der Waals surface area contributed by atoms with Gasteiger partial charge in [0.2, 0.25) is 0 Å². The highest BCUT2D eigenvalue weighted by molar-refractivity contribution is 5.82. The van der Waals surface area contributed by atoms with Crippen molar-refractivity contribution in [3.8, 4) is 0 Å². The van der Waals surface area contributed by atoms with Gasteiger partial charge in [-0.3, -0.25) is 4.79 Å². The van der Waals surface area contributed by atoms with Gasteiger partial charge in [-0.25, -0.2) is 0 Å². The van der Waals surface area contributed by atoms with Crippen molar-refractivity contribution in [3.05, 3.63) is 12.2 Å². The highest BCUT2D eigenvalue weighted by Gasteiger charge is 2.47. The molecular formula is C14H22O. The molecule has 1 nitrogen and oxygen atoms in total. The molecule has 3 atom stereocenters. The van der Waals surface area contributed by atoms with Gasteiger partial charge in [-0.15, -0.1) is 0 Å². The maximum atomic E-state index is 12.1. The highest BCUT2D eigenvalue weighted by atomic mass is 16.1. The lowest BCUT2D eigenvalue weighted by Gasteiger charge is -2.26. The van der Waals surface area contributed by atoms with Gasteiger partial charge in [0.05, 0.1) is 0 Å². The molecule has 1 saturated carbocycles. The van der Waals surface area contributed by atoms with Gasteiger partial charge in [0.25, 0.3) is 0 Å². The predicted molar refractivity (Wildman–Crippen MR) is 62.6 cm³/mol. The SMILES string of the molecule is CCCCCC(=O)C1CC2C=CC1(C)C2. The molecule has 0 aromatic heterocycles. The molecule has 2 aliphatic carbocycles. The number of hydrogen-bond donors (Lipinski definition) is 0. The molecule has 1 heteroatoms. The topological polar surface area (TPSA) is 17.1 Å². The molecule has 2 bridgehead atoms. The minimum absolute atomic E-state index is 0.216. The van der Waals surface area contributed by atoms with Crippen molar-refractivity contribution in [3.63, 3.8) is 0 Å². The Morgan fingerprint density at radius 3 is 2.80 bits per heavy atom. The van der Waals surface area contributed by atoms with Crippen molar-refractivity contribution in [2.45, 2.75) is 52.4 Å². The van der Waals surface area contributed by atoms with Crippen LogP contribution in [0.4, 0.5) is 0 Å². The van der Waals surface area contributed by atoms with Gasteiger partial charge in [0.1, 0.15) is 5.78 Å². The number of hydrogen-bond acceptors (Lipinski definition) is 1. The largest absolute Gasteiger partial charge is 0.299 e. The quantitative estimate of drug-likeness (QED) is 0.494. The normalized spacial score (nSPS) is 37.5. The van der Waals surface area contributed by atoms with Crippen molar-refractivity contribution >= 4 is 5.78 Å². The molecule has 0 aromatic carbocycles. The first kappa shape index (κ1) is 10.9. The summed E-state index contributed by atoms with van der Waals surface area (Å²) in [5.41, 5.74) is 0.216. The van der Waals surface area contributed by atoms with Crippen LogP contribution in [0.3, 0.4) is 0 Å². The first-order chi connectivity index (χ1) is 7.15. The molecule has 2 rings (SSSR count). The Bertz CT molecular complexity index is 279. The third kappa shape index (κ3) is 2.02. The fourth-order valence-electron chi connectivity index (χ4n) is 3.27. The predicted octanol–water partition coefficient (Wildman–Crippen LogP) is 3.74. The maximum absolute atomic E-state index is 12.1. The molecule has 0 radical (unpaired) electrons. The van der Waals surface area contributed by atoms with E-state index in [1.807, 2.05) is 0 Å². The van der Waals surface area contributed by atoms with Gasteiger partial charge >= 0.3 is 0 Å². The third-order valence-corrected chi connectivity index (χ3v) is 4.20. The number of unbranched alkanes of at least 4 members (excludes halogenated alkanes) is 2. The second kappa shape index (κ2) is 4.11. The highest BCUT2D eigenvalue weighted by Crippen LogP contribution is 2.53. The summed E-state index contributed by atoms with van der Waals surface area (Å²) < 4.78 is 0. The molecular weight excluding hydrogens is 184 g/mol. The van der Waals surface area contributed by atoms with Gasteiger partial charge in [0.15, 0.2) is 0 Å². The Morgan fingerprint density at radius 2 is 2.27 bits per heavy atom. The van der Waals surface area contributed by atoms with E-state index in [2.05, 4.69) is 26.0 Å². The molecule has 2 aliphatic rings. The number of carbonyl (C=O) groups is 1. The molecule has 0 N–H and O–H groups in total. The Balaban J connectivity index is 1.89. The van der Waals surface area contributed by atoms with Crippen molar-refractivity contribution in [1.29, 1.82) is 0 Å². The number of ketones is 1. The number of Topliss-reactive ketones (excluding diaryl/α,β-unsaturated/α-hetero) is 1. The summed E-state index contributed by atoms with van der Waals surface area (Å²) in [6.07, 6.45) is 11.3. The van der Waals surface area contributed by atoms with Crippen LogP contribution in [0, 0.1) is 17.3 Å². The molecule has 0 aromatic rings. The second-order valence-corrected chi connectivity index (χ2v) is 5.54. The summed E-state index contributed by atoms with van der Waals surface area (Å²) in [5.74, 6) is 1.57. The summed E-state index contributed by atoms with van der Waals surface area (Å²) in [6.45, 7) is 4.45. The van der Waals surface area contributed by atoms with E-state index in [0.29, 0.717) is 17.6 Å². The molecule has 84 valence electrons. The number of allylic oxidation sites excluding steroid dienone is 2. The fraction of sp³-hybridized carbons (Fsp3) is 0.786. The molecule has 0 saturated heterocycles. The van der Waals surface area contributed by atoms with Gasteiger partial charge in [-0.2, -0.15) is 0 Å². The lowest BCUT2D eigenvalue weighted by atomic mass is 9.76. The minimum Gasteiger partial charge on any atom is -0.299 e. The Morgan fingerprint density at radius 1 is 1.47 bits per heavy atom. The van der Waals surface area contributed by atoms with Crippen LogP contribution in [0.15, 0.2) is 12.2 Å². The lowest BCUT2D eigenvalue weighted by molar-refractivity contribution is -0.125. The Labute approximate surface area is 92.9 Å². The smallest absolute Gasteiger partial charge is 0.136 e. The fourth-order valence-corrected chi connectivity index (χ4v) is 3.27. The van der Waals surface area contributed by atoms with Crippen molar-refractivity contribution in [2.24, 2.45) is 17.3 Å². The summed E-state index contributed by atoms with van der Waals surface area (Å²) in [4.78, 5) is 12.1. The standard InChI is InChI=1S/C14H22O/c1-3-4-5-6-13(15)12-9-11-7-8-14(12,2)10-11/h7-8,11-12H,3-6,9-10H2,1-2H3. The molecule has 0 heterocycles. The van der Waals surface area contributed by atoms with E-state index in [-0.39, 0.29) is 5.41 Å². The van der Waals surface area contributed by atoms with E-state index in [0.717, 1.165) is 19.3 Å². The van der Waals surface area contributed by atoms with Crippen LogP contribution in [0.1, 0.15) is 52.4 Å². The van der Waals surface area contributed by atoms with Crippen LogP contribution in [0.5, 0.6) is 0 Å². The minimum atomic E-state index is 0.216. The van der Waals surface area contributed by atoms with Gasteiger partial charge in [-0.1, -0.05) is 38.8 Å². The second-order valence-electron chi connectivity index (χ2n) is 5.54. The van der Waals surface area contributed by atoms with Gasteiger partial charge in [0, 0.05) is 12.3 Å². The summed E-state index contributed by atoms with van der Waals surface area (Å²) >= 11 is 0. The third-order valence-electron chi connectivity index (χ3n) is 4.20. The Kier molecular flexibility index (Phi) is 2.99. The summed E-state index contributed by atoms with van der Waals surface area (Å²) in [6, 6.07) is 0. The zero-order valence-corrected chi connectivity index (χ0v) is 9.96. The molecule has 3 unspecified atom stereocenters. The molecule has 0 spiro atoms. The van der Waals surface area contributed by atoms with Crippen LogP contribution in [-0.2, 0) is 4.79 Å². The van der Waals surface area contributed by atoms with E-state index in [1.54, 1.807) is 0 Å². The van der Waals surface area contributed by atoms with Gasteiger partial charge in [-0.05, 0) is 30.6 Å². The van der Waals surface area contributed by atoms with Crippen molar-refractivity contribution < 1.29 is 4.79 Å². The molecule has 0 aliphatic heterocycles. The Hall–Kier alpha value is -0.590. The van der Waals surface area contributed by atoms with Crippen LogP contribution in [0.25, 0.3) is 0 Å². The van der Waals surface area contributed by atoms with E-state index in [1.165, 1.54) is 19.3 Å². The monoisotopic (exact) mass is 206 g/mol. The number of fused-ring (bicyclic) bond motifs is 2. The summed E-state index contributed by atoms with van der Waals surface area (Å²) in [5, 5.41) is 0. The molecule has 15 heavy (non-hydrogen) atoms. The first-order valence-corrected chi connectivity index (χ1v) is 6.38. The van der Waals surface area contributed by atoms with E-state index < -0.39 is 0 Å². The number of rotatable bonds is 5. The summed E-state index contributed by atoms with van der Waals surface area (Å²) in [7, 11) is 0. The molecule has 1 fully saturated rings. The van der Waals surface area contributed by atoms with Crippen LogP contribution in [-0.4, -0.2) is 5.78 Å². The molecule has 0 amide bonds. The van der Waals surface area contributed by atoms with Crippen molar-refractivity contribution in [1.82, 2.24) is 0 Å². The van der Waals surface area contributed by atoms with Crippen LogP contribution in [0.2, 0.25) is 0 Å². The van der Waals surface area contributed by atoms with E-state index in [4.69, 9.17) is 0 Å². The number of carbonyl (C=O) groups excluding carboxylic acids is 1. The van der Waals surface area contributed by atoms with Crippen molar-refractivity contribution in [2.75, 3.05) is 0 Å². The van der Waals surface area contributed by atoms with Gasteiger partial charge < -0.3 is 0 Å². The van der Waals surface area contributed by atoms with Crippen LogP contribution >= 0.6 is 0 Å². The van der Waals surface area contributed by atoms with E-state index in [9.17, 15) is 4.79 Å². The lowest BCUT2D eigenvalue weighted by Crippen LogP contribution is -2.27. The van der Waals surface area contributed by atoms with E-state index >= 15 is 0 Å². The maximum Gasteiger partial charge on any atom is 0.136 e. The average molecular weight is 206 g/mol.